The summed E-state index contributed by atoms with van der Waals surface area (Å²) >= 11 is 5.54. The minimum absolute atomic E-state index is 0.343. The van der Waals surface area contributed by atoms with Gasteiger partial charge in [-0.05, 0) is 19.1 Å². The fourth-order valence-corrected chi connectivity index (χ4v) is 1.37. The van der Waals surface area contributed by atoms with Crippen LogP contribution in [-0.4, -0.2) is 25.7 Å². The zero-order valence-electron chi connectivity index (χ0n) is 10.3. The Kier molecular flexibility index (Phi) is 7.24. The van der Waals surface area contributed by atoms with Gasteiger partial charge in [0.2, 0.25) is 0 Å². The second kappa shape index (κ2) is 8.79. The van der Waals surface area contributed by atoms with Crippen LogP contribution in [0.3, 0.4) is 0 Å². The van der Waals surface area contributed by atoms with Gasteiger partial charge < -0.3 is 9.47 Å². The van der Waals surface area contributed by atoms with E-state index >= 15 is 0 Å². The molecule has 0 unspecified atom stereocenters. The lowest BCUT2D eigenvalue weighted by molar-refractivity contribution is 0.110. The summed E-state index contributed by atoms with van der Waals surface area (Å²) in [6.07, 6.45) is 0.595. The van der Waals surface area contributed by atoms with E-state index in [0.29, 0.717) is 43.4 Å². The molecule has 0 aliphatic rings. The van der Waals surface area contributed by atoms with Crippen LogP contribution >= 0.6 is 11.6 Å². The van der Waals surface area contributed by atoms with E-state index in [-0.39, 0.29) is 5.82 Å². The van der Waals surface area contributed by atoms with Gasteiger partial charge >= 0.3 is 0 Å². The number of hydrogen-bond donors (Lipinski definition) is 0. The molecule has 0 aliphatic heterocycles. The molecule has 0 saturated heterocycles. The van der Waals surface area contributed by atoms with Crippen molar-refractivity contribution in [2.45, 2.75) is 13.3 Å². The molecular weight excluding hydrogens is 255 g/mol. The third kappa shape index (κ3) is 5.39. The molecule has 0 aromatic heterocycles. The highest BCUT2D eigenvalue weighted by molar-refractivity contribution is 6.18. The third-order valence-electron chi connectivity index (χ3n) is 2.08. The van der Waals surface area contributed by atoms with Crippen molar-refractivity contribution in [3.05, 3.63) is 29.6 Å². The molecule has 0 saturated carbocycles. The summed E-state index contributed by atoms with van der Waals surface area (Å²) in [4.78, 5) is 0. The highest BCUT2D eigenvalue weighted by atomic mass is 35.5. The Morgan fingerprint density at radius 2 is 2.17 bits per heavy atom. The molecule has 0 bridgehead atoms. The van der Waals surface area contributed by atoms with Crippen LogP contribution in [0.4, 0.5) is 4.39 Å². The SMILES string of the molecule is CCOCCOc1cc(F)ccc1C#CCCCl. The van der Waals surface area contributed by atoms with Crippen molar-refractivity contribution in [3.63, 3.8) is 0 Å². The first kappa shape index (κ1) is 14.8. The quantitative estimate of drug-likeness (QED) is 0.449. The largest absolute Gasteiger partial charge is 0.490 e. The molecule has 2 nitrogen and oxygen atoms in total. The predicted molar refractivity (Wildman–Crippen MR) is 70.6 cm³/mol. The topological polar surface area (TPSA) is 18.5 Å². The number of rotatable bonds is 6. The highest BCUT2D eigenvalue weighted by Crippen LogP contribution is 2.19. The average Bonchev–Trinajstić information content (AvgIpc) is 2.37. The van der Waals surface area contributed by atoms with E-state index in [1.165, 1.54) is 12.1 Å². The Morgan fingerprint density at radius 3 is 2.89 bits per heavy atom. The lowest BCUT2D eigenvalue weighted by Gasteiger charge is -2.08. The van der Waals surface area contributed by atoms with Crippen molar-refractivity contribution in [2.75, 3.05) is 25.7 Å². The standard InChI is InChI=1S/C14H16ClFO2/c1-2-17-9-10-18-14-11-13(16)7-6-12(14)5-3-4-8-15/h6-7,11H,2,4,8-10H2,1H3. The fraction of sp³-hybridized carbons (Fsp3) is 0.429. The van der Waals surface area contributed by atoms with Gasteiger partial charge in [-0.2, -0.15) is 0 Å². The normalized spacial score (nSPS) is 9.72. The van der Waals surface area contributed by atoms with Crippen molar-refractivity contribution in [2.24, 2.45) is 0 Å². The molecule has 0 aliphatic carbocycles. The number of alkyl halides is 1. The first-order valence-electron chi connectivity index (χ1n) is 5.83. The Hall–Kier alpha value is -1.24. The maximum Gasteiger partial charge on any atom is 0.137 e. The molecular formula is C14H16ClFO2. The van der Waals surface area contributed by atoms with Gasteiger partial charge in [-0.1, -0.05) is 11.8 Å². The van der Waals surface area contributed by atoms with Crippen molar-refractivity contribution in [3.8, 4) is 17.6 Å². The number of hydrogen-bond acceptors (Lipinski definition) is 2. The van der Waals surface area contributed by atoms with Crippen molar-refractivity contribution in [1.29, 1.82) is 0 Å². The van der Waals surface area contributed by atoms with Crippen molar-refractivity contribution < 1.29 is 13.9 Å². The van der Waals surface area contributed by atoms with Crippen LogP contribution in [0.2, 0.25) is 0 Å². The summed E-state index contributed by atoms with van der Waals surface area (Å²) in [5, 5.41) is 0. The average molecular weight is 271 g/mol. The second-order valence-electron chi connectivity index (χ2n) is 3.43. The molecule has 0 fully saturated rings. The molecule has 1 rings (SSSR count). The van der Waals surface area contributed by atoms with Crippen LogP contribution in [0.15, 0.2) is 18.2 Å². The van der Waals surface area contributed by atoms with Gasteiger partial charge in [0.25, 0.3) is 0 Å². The monoisotopic (exact) mass is 270 g/mol. The van der Waals surface area contributed by atoms with Crippen LogP contribution < -0.4 is 4.74 Å². The van der Waals surface area contributed by atoms with Gasteiger partial charge in [0.1, 0.15) is 18.2 Å². The highest BCUT2D eigenvalue weighted by Gasteiger charge is 2.03. The van der Waals surface area contributed by atoms with Gasteiger partial charge in [0.15, 0.2) is 0 Å². The molecule has 0 atom stereocenters. The Labute approximate surface area is 112 Å². The van der Waals surface area contributed by atoms with E-state index in [4.69, 9.17) is 21.1 Å². The lowest BCUT2D eigenvalue weighted by atomic mass is 10.2. The van der Waals surface area contributed by atoms with Crippen LogP contribution in [-0.2, 0) is 4.74 Å². The van der Waals surface area contributed by atoms with Gasteiger partial charge in [-0.3, -0.25) is 0 Å². The van der Waals surface area contributed by atoms with Gasteiger partial charge in [-0.25, -0.2) is 4.39 Å². The molecule has 0 N–H and O–H groups in total. The first-order valence-corrected chi connectivity index (χ1v) is 6.36. The summed E-state index contributed by atoms with van der Waals surface area (Å²) < 4.78 is 23.7. The summed E-state index contributed by atoms with van der Waals surface area (Å²) in [5.41, 5.74) is 0.665. The van der Waals surface area contributed by atoms with Gasteiger partial charge in [-0.15, -0.1) is 11.6 Å². The Bertz CT molecular complexity index is 424. The molecule has 0 radical (unpaired) electrons. The van der Waals surface area contributed by atoms with E-state index in [2.05, 4.69) is 11.8 Å². The molecule has 1 aromatic rings. The Balaban J connectivity index is 2.68. The van der Waals surface area contributed by atoms with Crippen LogP contribution in [0, 0.1) is 17.7 Å². The van der Waals surface area contributed by atoms with E-state index in [1.807, 2.05) is 6.92 Å². The molecule has 0 heterocycles. The van der Waals surface area contributed by atoms with Gasteiger partial charge in [0.05, 0.1) is 12.2 Å². The fourth-order valence-electron chi connectivity index (χ4n) is 1.28. The molecule has 0 amide bonds. The van der Waals surface area contributed by atoms with Crippen LogP contribution in [0.5, 0.6) is 5.75 Å². The molecule has 1 aromatic carbocycles. The molecule has 98 valence electrons. The summed E-state index contributed by atoms with van der Waals surface area (Å²) in [6.45, 7) is 3.39. The summed E-state index contributed by atoms with van der Waals surface area (Å²) in [7, 11) is 0. The zero-order valence-corrected chi connectivity index (χ0v) is 11.1. The van der Waals surface area contributed by atoms with Crippen LogP contribution in [0.25, 0.3) is 0 Å². The summed E-state index contributed by atoms with van der Waals surface area (Å²) in [5.74, 6) is 6.39. The zero-order chi connectivity index (χ0) is 13.2. The van der Waals surface area contributed by atoms with Crippen molar-refractivity contribution >= 4 is 11.6 Å². The number of benzene rings is 1. The minimum atomic E-state index is -0.343. The smallest absolute Gasteiger partial charge is 0.137 e. The number of halogens is 2. The summed E-state index contributed by atoms with van der Waals surface area (Å²) in [6, 6.07) is 4.29. The van der Waals surface area contributed by atoms with E-state index in [1.54, 1.807) is 6.07 Å². The predicted octanol–water partition coefficient (Wildman–Crippen LogP) is 3.22. The van der Waals surface area contributed by atoms with Gasteiger partial charge in [0, 0.05) is 25.0 Å². The molecule has 0 spiro atoms. The third-order valence-corrected chi connectivity index (χ3v) is 2.26. The second-order valence-corrected chi connectivity index (χ2v) is 3.80. The maximum absolute atomic E-state index is 13.1. The van der Waals surface area contributed by atoms with E-state index in [0.717, 1.165) is 0 Å². The van der Waals surface area contributed by atoms with E-state index < -0.39 is 0 Å². The maximum atomic E-state index is 13.1. The first-order chi connectivity index (χ1) is 8.77. The lowest BCUT2D eigenvalue weighted by Crippen LogP contribution is -2.07. The van der Waals surface area contributed by atoms with Crippen molar-refractivity contribution in [1.82, 2.24) is 0 Å². The Morgan fingerprint density at radius 1 is 1.33 bits per heavy atom. The minimum Gasteiger partial charge on any atom is -0.490 e. The van der Waals surface area contributed by atoms with Crippen LogP contribution in [0.1, 0.15) is 18.9 Å². The number of ether oxygens (including phenoxy) is 2. The molecule has 4 heteroatoms. The molecule has 18 heavy (non-hydrogen) atoms. The van der Waals surface area contributed by atoms with E-state index in [9.17, 15) is 4.39 Å².